The molecule has 1 N–H and O–H groups in total. The molecule has 0 saturated carbocycles. The molecule has 0 radical (unpaired) electrons. The first-order valence-corrected chi connectivity index (χ1v) is 8.26. The Balaban J connectivity index is 2.24. The third-order valence-electron chi connectivity index (χ3n) is 4.15. The molecule has 1 aromatic rings. The molecule has 1 aliphatic heterocycles. The maximum absolute atomic E-state index is 12.9. The van der Waals surface area contributed by atoms with Crippen molar-refractivity contribution in [2.75, 3.05) is 20.8 Å². The minimum atomic E-state index is -0.933. The topological polar surface area (TPSA) is 85.3 Å². The van der Waals surface area contributed by atoms with Crippen molar-refractivity contribution in [3.05, 3.63) is 23.8 Å². The van der Waals surface area contributed by atoms with E-state index in [4.69, 9.17) is 19.3 Å². The largest absolute Gasteiger partial charge is 0.493 e. The monoisotopic (exact) mass is 351 g/mol. The molecule has 0 spiro atoms. The maximum Gasteiger partial charge on any atom is 0.305 e. The second kappa shape index (κ2) is 8.20. The molecule has 1 fully saturated rings. The van der Waals surface area contributed by atoms with Gasteiger partial charge in [-0.2, -0.15) is 0 Å². The van der Waals surface area contributed by atoms with Crippen molar-refractivity contribution in [1.82, 2.24) is 4.90 Å². The average Bonchev–Trinajstić information content (AvgIpc) is 2.96. The highest BCUT2D eigenvalue weighted by atomic mass is 16.5. The Hall–Kier alpha value is -2.28. The molecule has 25 heavy (non-hydrogen) atoms. The molecule has 7 heteroatoms. The zero-order valence-corrected chi connectivity index (χ0v) is 15.0. The number of carboxylic acids is 1. The normalized spacial score (nSPS) is 20.0. The second-order valence-corrected chi connectivity index (χ2v) is 6.33. The number of methoxy groups -OCH3 is 2. The van der Waals surface area contributed by atoms with Crippen molar-refractivity contribution in [1.29, 1.82) is 0 Å². The number of ether oxygens (including phenoxy) is 3. The summed E-state index contributed by atoms with van der Waals surface area (Å²) >= 11 is 0. The fourth-order valence-electron chi connectivity index (χ4n) is 3.01. The smallest absolute Gasteiger partial charge is 0.305 e. The van der Waals surface area contributed by atoms with Crippen LogP contribution in [0.3, 0.4) is 0 Å². The highest BCUT2D eigenvalue weighted by Crippen LogP contribution is 2.31. The van der Waals surface area contributed by atoms with E-state index in [0.717, 1.165) is 0 Å². The summed E-state index contributed by atoms with van der Waals surface area (Å²) in [4.78, 5) is 25.5. The number of aliphatic carboxylic acids is 1. The van der Waals surface area contributed by atoms with Gasteiger partial charge in [-0.25, -0.2) is 0 Å². The van der Waals surface area contributed by atoms with E-state index in [2.05, 4.69) is 0 Å². The van der Waals surface area contributed by atoms with Crippen LogP contribution >= 0.6 is 0 Å². The average molecular weight is 351 g/mol. The van der Waals surface area contributed by atoms with E-state index in [1.54, 1.807) is 30.2 Å². The second-order valence-electron chi connectivity index (χ2n) is 6.33. The van der Waals surface area contributed by atoms with Gasteiger partial charge in [-0.05, 0) is 38.5 Å². The molecule has 0 aliphatic carbocycles. The van der Waals surface area contributed by atoms with Gasteiger partial charge in [0.15, 0.2) is 11.5 Å². The number of hydrogen-bond donors (Lipinski definition) is 1. The lowest BCUT2D eigenvalue weighted by Crippen LogP contribution is -2.37. The van der Waals surface area contributed by atoms with Crippen LogP contribution in [0.4, 0.5) is 0 Å². The summed E-state index contributed by atoms with van der Waals surface area (Å²) in [6.45, 7) is 4.19. The van der Waals surface area contributed by atoms with Crippen molar-refractivity contribution in [2.45, 2.75) is 44.9 Å². The Labute approximate surface area is 147 Å². The number of rotatable bonds is 7. The van der Waals surface area contributed by atoms with Crippen molar-refractivity contribution in [3.8, 4) is 11.5 Å². The zero-order valence-electron chi connectivity index (χ0n) is 15.0. The van der Waals surface area contributed by atoms with E-state index in [9.17, 15) is 9.59 Å². The van der Waals surface area contributed by atoms with E-state index in [0.29, 0.717) is 30.0 Å². The quantitative estimate of drug-likeness (QED) is 0.810. The van der Waals surface area contributed by atoms with Crippen molar-refractivity contribution >= 4 is 11.9 Å². The Bertz CT molecular complexity index is 630. The van der Waals surface area contributed by atoms with Crippen LogP contribution in [0.1, 0.15) is 37.0 Å². The molecule has 2 unspecified atom stereocenters. The van der Waals surface area contributed by atoms with Gasteiger partial charge in [-0.1, -0.05) is 0 Å². The van der Waals surface area contributed by atoms with Crippen LogP contribution < -0.4 is 9.47 Å². The first-order chi connectivity index (χ1) is 11.8. The fourth-order valence-corrected chi connectivity index (χ4v) is 3.01. The van der Waals surface area contributed by atoms with Gasteiger partial charge in [0.2, 0.25) is 0 Å². The maximum atomic E-state index is 12.9. The van der Waals surface area contributed by atoms with Gasteiger partial charge in [-0.3, -0.25) is 9.59 Å². The lowest BCUT2D eigenvalue weighted by atomic mass is 10.1. The number of likely N-dealkylation sites (tertiary alicyclic amines) is 1. The predicted molar refractivity (Wildman–Crippen MR) is 91.2 cm³/mol. The molecular formula is C18H25NO6. The molecule has 1 saturated heterocycles. The highest BCUT2D eigenvalue weighted by Gasteiger charge is 2.37. The van der Waals surface area contributed by atoms with Gasteiger partial charge in [0, 0.05) is 25.3 Å². The first-order valence-electron chi connectivity index (χ1n) is 8.26. The highest BCUT2D eigenvalue weighted by molar-refractivity contribution is 5.95. The molecule has 1 aromatic carbocycles. The lowest BCUT2D eigenvalue weighted by molar-refractivity contribution is -0.138. The number of hydrogen-bond acceptors (Lipinski definition) is 5. The summed E-state index contributed by atoms with van der Waals surface area (Å²) in [6.07, 6.45) is 0.243. The summed E-state index contributed by atoms with van der Waals surface area (Å²) < 4.78 is 16.3. The molecule has 0 bridgehead atoms. The van der Waals surface area contributed by atoms with Crippen LogP contribution in [0.15, 0.2) is 18.2 Å². The van der Waals surface area contributed by atoms with Crippen LogP contribution in [-0.4, -0.2) is 60.9 Å². The predicted octanol–water partition coefficient (Wildman–Crippen LogP) is 2.19. The third kappa shape index (κ3) is 4.63. The lowest BCUT2D eigenvalue weighted by Gasteiger charge is -2.24. The molecule has 1 aliphatic rings. The van der Waals surface area contributed by atoms with E-state index < -0.39 is 5.97 Å². The number of carbonyl (C=O) groups is 2. The van der Waals surface area contributed by atoms with Gasteiger partial charge in [0.25, 0.3) is 5.91 Å². The molecule has 0 aromatic heterocycles. The van der Waals surface area contributed by atoms with Crippen molar-refractivity contribution in [2.24, 2.45) is 0 Å². The number of carboxylic acid groups (broad SMARTS) is 1. The van der Waals surface area contributed by atoms with Gasteiger partial charge >= 0.3 is 5.97 Å². The molecule has 2 atom stereocenters. The molecule has 7 nitrogen and oxygen atoms in total. The van der Waals surface area contributed by atoms with Crippen LogP contribution in [0, 0.1) is 0 Å². The number of nitrogens with zero attached hydrogens (tertiary/aromatic N) is 1. The van der Waals surface area contributed by atoms with Crippen molar-refractivity contribution in [3.63, 3.8) is 0 Å². The summed E-state index contributed by atoms with van der Waals surface area (Å²) in [7, 11) is 3.08. The molecular weight excluding hydrogens is 326 g/mol. The summed E-state index contributed by atoms with van der Waals surface area (Å²) in [5.41, 5.74) is 0.431. The van der Waals surface area contributed by atoms with Crippen LogP contribution in [0.5, 0.6) is 11.5 Å². The Morgan fingerprint density at radius 2 is 2.00 bits per heavy atom. The van der Waals surface area contributed by atoms with E-state index in [1.807, 2.05) is 13.8 Å². The van der Waals surface area contributed by atoms with Crippen molar-refractivity contribution < 1.29 is 28.9 Å². The van der Waals surface area contributed by atoms with E-state index in [1.165, 1.54) is 7.11 Å². The Morgan fingerprint density at radius 1 is 1.28 bits per heavy atom. The van der Waals surface area contributed by atoms with Gasteiger partial charge in [0.1, 0.15) is 0 Å². The number of benzene rings is 1. The zero-order chi connectivity index (χ0) is 18.6. The Kier molecular flexibility index (Phi) is 6.25. The Morgan fingerprint density at radius 3 is 2.56 bits per heavy atom. The standard InChI is InChI=1S/C18H25NO6/c1-11(2)25-15-6-5-12(7-16(15)24-4)18(22)19-10-14(23-3)8-13(19)9-17(20)21/h5-7,11,13-14H,8-10H2,1-4H3,(H,20,21). The minimum absolute atomic E-state index is 0.0172. The number of amides is 1. The summed E-state index contributed by atoms with van der Waals surface area (Å²) in [6, 6.07) is 4.60. The van der Waals surface area contributed by atoms with Crippen LogP contribution in [0.2, 0.25) is 0 Å². The number of carbonyl (C=O) groups excluding carboxylic acids is 1. The van der Waals surface area contributed by atoms with Gasteiger partial charge in [-0.15, -0.1) is 0 Å². The van der Waals surface area contributed by atoms with E-state index in [-0.39, 0.29) is 30.6 Å². The molecule has 1 amide bonds. The molecule has 138 valence electrons. The first kappa shape index (κ1) is 19.1. The minimum Gasteiger partial charge on any atom is -0.493 e. The van der Waals surface area contributed by atoms with E-state index >= 15 is 0 Å². The fraction of sp³-hybridized carbons (Fsp3) is 0.556. The molecule has 2 rings (SSSR count). The van der Waals surface area contributed by atoms with Gasteiger partial charge in [0.05, 0.1) is 25.7 Å². The van der Waals surface area contributed by atoms with Gasteiger partial charge < -0.3 is 24.2 Å². The van der Waals surface area contributed by atoms with Crippen LogP contribution in [-0.2, 0) is 9.53 Å². The summed E-state index contributed by atoms with van der Waals surface area (Å²) in [5, 5.41) is 9.09. The van der Waals surface area contributed by atoms with Crippen LogP contribution in [0.25, 0.3) is 0 Å². The summed E-state index contributed by atoms with van der Waals surface area (Å²) in [5.74, 6) is -0.137. The third-order valence-corrected chi connectivity index (χ3v) is 4.15. The SMILES string of the molecule is COc1cc(C(=O)N2CC(OC)CC2CC(=O)O)ccc1OC(C)C. The molecule has 1 heterocycles.